The van der Waals surface area contributed by atoms with Crippen molar-refractivity contribution in [1.29, 1.82) is 0 Å². The van der Waals surface area contributed by atoms with Crippen molar-refractivity contribution in [1.82, 2.24) is 15.3 Å². The first-order chi connectivity index (χ1) is 15.9. The summed E-state index contributed by atoms with van der Waals surface area (Å²) in [5, 5.41) is 5.89. The first-order valence-electron chi connectivity index (χ1n) is 11.2. The van der Waals surface area contributed by atoms with Gasteiger partial charge in [0.1, 0.15) is 17.5 Å². The zero-order valence-electron chi connectivity index (χ0n) is 18.5. The maximum Gasteiger partial charge on any atom is 0.255 e. The second-order valence-electron chi connectivity index (χ2n) is 8.72. The molecule has 2 aromatic heterocycles. The predicted molar refractivity (Wildman–Crippen MR) is 124 cm³/mol. The standard InChI is InChI=1S/C25H25F2N5O/c1-14-5-3-6-15(2)32(14)16-9-10-22(28-12-16)31-20-11-19(23-17(26)7-4-8-18(23)27)30-21-13-29-25(33)24(20)21/h4,7-12,14-15H,3,5-6,13H2,1-2H3,(H,29,33)(H,28,30,31). The Hall–Kier alpha value is -3.55. The normalized spacial score (nSPS) is 19.9. The van der Waals surface area contributed by atoms with E-state index in [2.05, 4.69) is 39.3 Å². The minimum absolute atomic E-state index is 0.121. The number of carbonyl (C=O) groups is 1. The molecule has 2 atom stereocenters. The lowest BCUT2D eigenvalue weighted by Gasteiger charge is -2.40. The van der Waals surface area contributed by atoms with Crippen molar-refractivity contribution in [3.05, 3.63) is 65.5 Å². The van der Waals surface area contributed by atoms with Crippen LogP contribution < -0.4 is 15.5 Å². The topological polar surface area (TPSA) is 70.2 Å². The molecule has 1 saturated heterocycles. The van der Waals surface area contributed by atoms with Crippen LogP contribution in [0, 0.1) is 11.6 Å². The first kappa shape index (κ1) is 21.3. The molecular formula is C25H25F2N5O. The highest BCUT2D eigenvalue weighted by molar-refractivity contribution is 6.04. The maximum absolute atomic E-state index is 14.4. The van der Waals surface area contributed by atoms with E-state index in [1.807, 2.05) is 18.3 Å². The minimum atomic E-state index is -0.710. The van der Waals surface area contributed by atoms with Crippen LogP contribution in [0.5, 0.6) is 0 Å². The van der Waals surface area contributed by atoms with Crippen molar-refractivity contribution in [3.8, 4) is 11.3 Å². The molecule has 0 aliphatic carbocycles. The second kappa shape index (κ2) is 8.42. The largest absolute Gasteiger partial charge is 0.365 e. The van der Waals surface area contributed by atoms with Gasteiger partial charge in [0.25, 0.3) is 5.91 Å². The molecule has 0 radical (unpaired) electrons. The third-order valence-electron chi connectivity index (χ3n) is 6.46. The molecule has 33 heavy (non-hydrogen) atoms. The van der Waals surface area contributed by atoms with Crippen molar-refractivity contribution in [2.45, 2.75) is 51.7 Å². The van der Waals surface area contributed by atoms with Gasteiger partial charge in [0.15, 0.2) is 0 Å². The fourth-order valence-corrected chi connectivity index (χ4v) is 4.88. The maximum atomic E-state index is 14.4. The van der Waals surface area contributed by atoms with Gasteiger partial charge in [0.05, 0.1) is 46.6 Å². The number of benzene rings is 1. The molecule has 0 saturated carbocycles. The summed E-state index contributed by atoms with van der Waals surface area (Å²) in [6.07, 6.45) is 5.35. The predicted octanol–water partition coefficient (Wildman–Crippen LogP) is 5.18. The summed E-state index contributed by atoms with van der Waals surface area (Å²) in [7, 11) is 0. The van der Waals surface area contributed by atoms with Gasteiger partial charge in [-0.15, -0.1) is 0 Å². The molecule has 4 heterocycles. The van der Waals surface area contributed by atoms with Gasteiger partial charge in [-0.1, -0.05) is 6.07 Å². The Kier molecular flexibility index (Phi) is 5.44. The molecule has 170 valence electrons. The molecule has 1 fully saturated rings. The third kappa shape index (κ3) is 3.90. The van der Waals surface area contributed by atoms with Crippen LogP contribution in [0.4, 0.5) is 26.0 Å². The summed E-state index contributed by atoms with van der Waals surface area (Å²) in [6, 6.07) is 9.93. The molecule has 1 amide bonds. The lowest BCUT2D eigenvalue weighted by Crippen LogP contribution is -2.43. The molecule has 2 aliphatic heterocycles. The van der Waals surface area contributed by atoms with Gasteiger partial charge in [-0.05, 0) is 63.4 Å². The molecule has 2 unspecified atom stereocenters. The smallest absolute Gasteiger partial charge is 0.255 e. The van der Waals surface area contributed by atoms with Gasteiger partial charge in [0.2, 0.25) is 0 Å². The van der Waals surface area contributed by atoms with Gasteiger partial charge >= 0.3 is 0 Å². The molecule has 1 aromatic carbocycles. The van der Waals surface area contributed by atoms with E-state index in [0.717, 1.165) is 18.5 Å². The van der Waals surface area contributed by atoms with E-state index in [4.69, 9.17) is 0 Å². The Morgan fingerprint density at radius 3 is 2.45 bits per heavy atom. The van der Waals surface area contributed by atoms with Gasteiger partial charge in [-0.3, -0.25) is 4.79 Å². The van der Waals surface area contributed by atoms with Crippen LogP contribution in [-0.2, 0) is 6.54 Å². The summed E-state index contributed by atoms with van der Waals surface area (Å²) < 4.78 is 28.8. The quantitative estimate of drug-likeness (QED) is 0.575. The zero-order valence-corrected chi connectivity index (χ0v) is 18.5. The summed E-state index contributed by atoms with van der Waals surface area (Å²) >= 11 is 0. The number of nitrogens with zero attached hydrogens (tertiary/aromatic N) is 3. The van der Waals surface area contributed by atoms with Crippen LogP contribution in [0.2, 0.25) is 0 Å². The summed E-state index contributed by atoms with van der Waals surface area (Å²) in [4.78, 5) is 23.7. The van der Waals surface area contributed by atoms with Gasteiger partial charge < -0.3 is 15.5 Å². The van der Waals surface area contributed by atoms with Gasteiger partial charge in [-0.2, -0.15) is 0 Å². The summed E-state index contributed by atoms with van der Waals surface area (Å²) in [6.45, 7) is 4.65. The highest BCUT2D eigenvalue weighted by Crippen LogP contribution is 2.34. The SMILES string of the molecule is CC1CCCC(C)N1c1ccc(Nc2cc(-c3c(F)cccc3F)nc3c2C(=O)NC3)nc1. The Labute approximate surface area is 191 Å². The van der Waals surface area contributed by atoms with E-state index < -0.39 is 11.6 Å². The van der Waals surface area contributed by atoms with Crippen molar-refractivity contribution < 1.29 is 13.6 Å². The summed E-state index contributed by atoms with van der Waals surface area (Å²) in [5.74, 6) is -1.17. The molecular weight excluding hydrogens is 424 g/mol. The Morgan fingerprint density at radius 1 is 1.06 bits per heavy atom. The molecule has 8 heteroatoms. The number of fused-ring (bicyclic) bond motifs is 1. The highest BCUT2D eigenvalue weighted by atomic mass is 19.1. The molecule has 2 aliphatic rings. The van der Waals surface area contributed by atoms with Crippen LogP contribution in [0.25, 0.3) is 11.3 Å². The number of carbonyl (C=O) groups excluding carboxylic acids is 1. The molecule has 0 bridgehead atoms. The number of pyridine rings is 2. The first-order valence-corrected chi connectivity index (χ1v) is 11.2. The summed E-state index contributed by atoms with van der Waals surface area (Å²) in [5.41, 5.74) is 2.16. The lowest BCUT2D eigenvalue weighted by atomic mass is 9.97. The molecule has 6 nitrogen and oxygen atoms in total. The zero-order chi connectivity index (χ0) is 23.1. The third-order valence-corrected chi connectivity index (χ3v) is 6.46. The Balaban J connectivity index is 1.49. The number of amides is 1. The van der Waals surface area contributed by atoms with Crippen LogP contribution in [0.1, 0.15) is 49.2 Å². The van der Waals surface area contributed by atoms with Crippen LogP contribution in [-0.4, -0.2) is 28.0 Å². The van der Waals surface area contributed by atoms with Crippen molar-refractivity contribution in [3.63, 3.8) is 0 Å². The minimum Gasteiger partial charge on any atom is -0.365 e. The molecule has 3 aromatic rings. The van der Waals surface area contributed by atoms with E-state index in [1.54, 1.807) is 0 Å². The van der Waals surface area contributed by atoms with E-state index >= 15 is 0 Å². The van der Waals surface area contributed by atoms with E-state index in [-0.39, 0.29) is 23.7 Å². The van der Waals surface area contributed by atoms with E-state index in [0.29, 0.717) is 34.8 Å². The molecule has 0 spiro atoms. The number of nitrogens with one attached hydrogen (secondary N) is 2. The van der Waals surface area contributed by atoms with Crippen molar-refractivity contribution in [2.75, 3.05) is 10.2 Å². The van der Waals surface area contributed by atoms with Crippen molar-refractivity contribution >= 4 is 23.1 Å². The number of piperidine rings is 1. The number of aromatic nitrogens is 2. The Morgan fingerprint density at radius 2 is 1.79 bits per heavy atom. The fourth-order valence-electron chi connectivity index (χ4n) is 4.88. The average Bonchev–Trinajstić information content (AvgIpc) is 3.16. The molecule has 2 N–H and O–H groups in total. The fraction of sp³-hybridized carbons (Fsp3) is 0.320. The number of rotatable bonds is 4. The number of hydrogen-bond acceptors (Lipinski definition) is 5. The number of anilines is 3. The van der Waals surface area contributed by atoms with Crippen LogP contribution >= 0.6 is 0 Å². The van der Waals surface area contributed by atoms with Crippen molar-refractivity contribution in [2.24, 2.45) is 0 Å². The van der Waals surface area contributed by atoms with Gasteiger partial charge in [0, 0.05) is 12.1 Å². The van der Waals surface area contributed by atoms with E-state index in [1.165, 1.54) is 30.7 Å². The second-order valence-corrected chi connectivity index (χ2v) is 8.72. The monoisotopic (exact) mass is 449 g/mol. The van der Waals surface area contributed by atoms with Gasteiger partial charge in [-0.25, -0.2) is 18.7 Å². The van der Waals surface area contributed by atoms with Crippen LogP contribution in [0.15, 0.2) is 42.6 Å². The molecule has 5 rings (SSSR count). The number of hydrogen-bond donors (Lipinski definition) is 2. The number of halogens is 2. The Bertz CT molecular complexity index is 1180. The van der Waals surface area contributed by atoms with Crippen LogP contribution in [0.3, 0.4) is 0 Å². The lowest BCUT2D eigenvalue weighted by molar-refractivity contribution is 0.0966. The van der Waals surface area contributed by atoms with E-state index in [9.17, 15) is 13.6 Å². The average molecular weight is 450 g/mol. The highest BCUT2D eigenvalue weighted by Gasteiger charge is 2.28.